The van der Waals surface area contributed by atoms with E-state index >= 15 is 0 Å². The molecule has 19 heavy (non-hydrogen) atoms. The summed E-state index contributed by atoms with van der Waals surface area (Å²) in [5.41, 5.74) is 0.0411. The molecule has 1 rings (SSSR count). The number of aliphatic carboxylic acids is 1. The molecule has 1 atom stereocenters. The third-order valence-electron chi connectivity index (χ3n) is 2.62. The third-order valence-corrected chi connectivity index (χ3v) is 3.13. The molecule has 1 unspecified atom stereocenters. The molecule has 0 bridgehead atoms. The first-order valence-corrected chi connectivity index (χ1v) is 6.51. The molecule has 0 spiro atoms. The average Bonchev–Trinajstić information content (AvgIpc) is 2.36. The highest BCUT2D eigenvalue weighted by Crippen LogP contribution is 2.17. The lowest BCUT2D eigenvalue weighted by atomic mass is 10.0. The van der Waals surface area contributed by atoms with E-state index in [1.54, 1.807) is 0 Å². The Hall–Kier alpha value is -1.33. The Morgan fingerprint density at radius 1 is 1.42 bits per heavy atom. The maximum atomic E-state index is 11.9. The normalized spacial score (nSPS) is 11.9. The largest absolute Gasteiger partial charge is 0.481 e. The number of carbonyl (C=O) groups is 2. The summed E-state index contributed by atoms with van der Waals surface area (Å²) in [6, 6.07) is 2.97. The van der Waals surface area contributed by atoms with Gasteiger partial charge < -0.3 is 10.4 Å². The van der Waals surface area contributed by atoms with Crippen LogP contribution in [0.25, 0.3) is 0 Å². The fourth-order valence-electron chi connectivity index (χ4n) is 1.51. The number of carbonyl (C=O) groups excluding carboxylic acids is 1. The molecular weight excluding hydrogens is 291 g/mol. The summed E-state index contributed by atoms with van der Waals surface area (Å²) >= 11 is 11.5. The van der Waals surface area contributed by atoms with E-state index in [0.29, 0.717) is 6.42 Å². The van der Waals surface area contributed by atoms with Crippen LogP contribution < -0.4 is 5.32 Å². The lowest BCUT2D eigenvalue weighted by molar-refractivity contribution is -0.138. The zero-order chi connectivity index (χ0) is 14.4. The van der Waals surface area contributed by atoms with Gasteiger partial charge in [-0.3, -0.25) is 9.59 Å². The standard InChI is InChI=1S/C12H14Cl2N2O3/c1-2-7(5-10(17)18)6-15-12(19)11-8(13)3-4-9(14)16-11/h3-4,7H,2,5-6H2,1H3,(H,15,19)(H,17,18). The summed E-state index contributed by atoms with van der Waals surface area (Å²) < 4.78 is 0. The third kappa shape index (κ3) is 5.04. The zero-order valence-corrected chi connectivity index (χ0v) is 11.8. The van der Waals surface area contributed by atoms with E-state index in [0.717, 1.165) is 0 Å². The van der Waals surface area contributed by atoms with Crippen LogP contribution >= 0.6 is 23.2 Å². The summed E-state index contributed by atoms with van der Waals surface area (Å²) in [4.78, 5) is 26.3. The van der Waals surface area contributed by atoms with Gasteiger partial charge >= 0.3 is 5.97 Å². The highest BCUT2D eigenvalue weighted by atomic mass is 35.5. The summed E-state index contributed by atoms with van der Waals surface area (Å²) in [7, 11) is 0. The molecule has 1 aromatic heterocycles. The van der Waals surface area contributed by atoms with E-state index in [9.17, 15) is 9.59 Å². The van der Waals surface area contributed by atoms with Gasteiger partial charge in [0.1, 0.15) is 10.8 Å². The number of pyridine rings is 1. The van der Waals surface area contributed by atoms with Crippen LogP contribution in [0.4, 0.5) is 0 Å². The van der Waals surface area contributed by atoms with Gasteiger partial charge in [0, 0.05) is 13.0 Å². The van der Waals surface area contributed by atoms with Crippen molar-refractivity contribution in [2.75, 3.05) is 6.54 Å². The number of carboxylic acids is 1. The first-order chi connectivity index (χ1) is 8.93. The molecular formula is C12H14Cl2N2O3. The summed E-state index contributed by atoms with van der Waals surface area (Å²) in [6.45, 7) is 2.12. The quantitative estimate of drug-likeness (QED) is 0.792. The van der Waals surface area contributed by atoms with Gasteiger partial charge in [-0.05, 0) is 18.1 Å². The van der Waals surface area contributed by atoms with E-state index in [1.807, 2.05) is 6.92 Å². The molecule has 0 saturated carbocycles. The molecule has 0 fully saturated rings. The highest BCUT2D eigenvalue weighted by molar-refractivity contribution is 6.34. The number of rotatable bonds is 6. The first kappa shape index (κ1) is 15.7. The van der Waals surface area contributed by atoms with Gasteiger partial charge in [0.25, 0.3) is 5.91 Å². The highest BCUT2D eigenvalue weighted by Gasteiger charge is 2.16. The van der Waals surface area contributed by atoms with Crippen molar-refractivity contribution in [2.24, 2.45) is 5.92 Å². The second-order valence-corrected chi connectivity index (χ2v) is 4.84. The van der Waals surface area contributed by atoms with Gasteiger partial charge in [0.15, 0.2) is 0 Å². The maximum absolute atomic E-state index is 11.9. The van der Waals surface area contributed by atoms with Gasteiger partial charge in [-0.2, -0.15) is 0 Å². The fourth-order valence-corrected chi connectivity index (χ4v) is 1.84. The fraction of sp³-hybridized carbons (Fsp3) is 0.417. The molecule has 1 aromatic rings. The number of halogens is 2. The Bertz CT molecular complexity index is 480. The van der Waals surface area contributed by atoms with Crippen molar-refractivity contribution in [1.82, 2.24) is 10.3 Å². The predicted molar refractivity (Wildman–Crippen MR) is 72.6 cm³/mol. The number of hydrogen-bond acceptors (Lipinski definition) is 3. The van der Waals surface area contributed by atoms with Crippen LogP contribution in [0.15, 0.2) is 12.1 Å². The van der Waals surface area contributed by atoms with Crippen molar-refractivity contribution >= 4 is 35.1 Å². The van der Waals surface area contributed by atoms with Gasteiger partial charge in [-0.1, -0.05) is 36.5 Å². The summed E-state index contributed by atoms with van der Waals surface area (Å²) in [5, 5.41) is 11.7. The number of aromatic nitrogens is 1. The average molecular weight is 305 g/mol. The van der Waals surface area contributed by atoms with Crippen molar-refractivity contribution in [3.8, 4) is 0 Å². The topological polar surface area (TPSA) is 79.3 Å². The Morgan fingerprint density at radius 2 is 2.11 bits per heavy atom. The Morgan fingerprint density at radius 3 is 2.68 bits per heavy atom. The van der Waals surface area contributed by atoms with Gasteiger partial charge in [-0.25, -0.2) is 4.98 Å². The second kappa shape index (κ2) is 7.31. The minimum Gasteiger partial charge on any atom is -0.481 e. The minimum absolute atomic E-state index is 0.00743. The van der Waals surface area contributed by atoms with Crippen molar-refractivity contribution < 1.29 is 14.7 Å². The molecule has 0 saturated heterocycles. The van der Waals surface area contributed by atoms with E-state index < -0.39 is 11.9 Å². The monoisotopic (exact) mass is 304 g/mol. The van der Waals surface area contributed by atoms with Crippen molar-refractivity contribution in [3.05, 3.63) is 28.0 Å². The maximum Gasteiger partial charge on any atom is 0.303 e. The molecule has 0 aliphatic heterocycles. The summed E-state index contributed by atoms with van der Waals surface area (Å²) in [6.07, 6.45) is 0.663. The number of nitrogens with one attached hydrogen (secondary N) is 1. The SMILES string of the molecule is CCC(CNC(=O)c1nc(Cl)ccc1Cl)CC(=O)O. The molecule has 2 N–H and O–H groups in total. The van der Waals surface area contributed by atoms with E-state index in [-0.39, 0.29) is 34.8 Å². The number of nitrogens with zero attached hydrogens (tertiary/aromatic N) is 1. The van der Waals surface area contributed by atoms with E-state index in [4.69, 9.17) is 28.3 Å². The van der Waals surface area contributed by atoms with Crippen molar-refractivity contribution in [2.45, 2.75) is 19.8 Å². The van der Waals surface area contributed by atoms with Gasteiger partial charge in [-0.15, -0.1) is 0 Å². The van der Waals surface area contributed by atoms with Gasteiger partial charge in [0.05, 0.1) is 5.02 Å². The van der Waals surface area contributed by atoms with Crippen LogP contribution in [0.2, 0.25) is 10.2 Å². The van der Waals surface area contributed by atoms with E-state index in [1.165, 1.54) is 12.1 Å². The number of carboxylic acid groups (broad SMARTS) is 1. The molecule has 0 aromatic carbocycles. The zero-order valence-electron chi connectivity index (χ0n) is 10.3. The molecule has 1 heterocycles. The second-order valence-electron chi connectivity index (χ2n) is 4.05. The lowest BCUT2D eigenvalue weighted by Crippen LogP contribution is -2.31. The summed E-state index contributed by atoms with van der Waals surface area (Å²) in [5.74, 6) is -1.48. The van der Waals surface area contributed by atoms with Gasteiger partial charge in [0.2, 0.25) is 0 Å². The number of amides is 1. The number of hydrogen-bond donors (Lipinski definition) is 2. The molecule has 0 aliphatic carbocycles. The molecule has 5 nitrogen and oxygen atoms in total. The Balaban J connectivity index is 2.64. The predicted octanol–water partition coefficient (Wildman–Crippen LogP) is 2.62. The Kier molecular flexibility index (Phi) is 6.05. The smallest absolute Gasteiger partial charge is 0.303 e. The van der Waals surface area contributed by atoms with Crippen LogP contribution in [0, 0.1) is 5.92 Å². The molecule has 1 amide bonds. The molecule has 0 aliphatic rings. The van der Waals surface area contributed by atoms with Crippen molar-refractivity contribution in [3.63, 3.8) is 0 Å². The molecule has 0 radical (unpaired) electrons. The minimum atomic E-state index is -0.889. The van der Waals surface area contributed by atoms with Crippen LogP contribution in [0.5, 0.6) is 0 Å². The van der Waals surface area contributed by atoms with Crippen LogP contribution in [0.1, 0.15) is 30.3 Å². The molecule has 7 heteroatoms. The van der Waals surface area contributed by atoms with Crippen molar-refractivity contribution in [1.29, 1.82) is 0 Å². The van der Waals surface area contributed by atoms with Crippen LogP contribution in [0.3, 0.4) is 0 Å². The molecule has 104 valence electrons. The lowest BCUT2D eigenvalue weighted by Gasteiger charge is -2.13. The Labute approximate surface area is 120 Å². The van der Waals surface area contributed by atoms with Crippen LogP contribution in [-0.4, -0.2) is 28.5 Å². The first-order valence-electron chi connectivity index (χ1n) is 5.76. The van der Waals surface area contributed by atoms with Crippen LogP contribution in [-0.2, 0) is 4.79 Å². The van der Waals surface area contributed by atoms with E-state index in [2.05, 4.69) is 10.3 Å².